The van der Waals surface area contributed by atoms with Crippen LogP contribution in [0.4, 0.5) is 0 Å². The molecule has 4 nitrogen and oxygen atoms in total. The Bertz CT molecular complexity index is 370. The fraction of sp³-hybridized carbons (Fsp3) is 0.714. The van der Waals surface area contributed by atoms with E-state index >= 15 is 0 Å². The molecule has 0 N–H and O–H groups in total. The summed E-state index contributed by atoms with van der Waals surface area (Å²) in [4.78, 5) is 25.7. The van der Waals surface area contributed by atoms with Crippen LogP contribution in [0.15, 0.2) is 12.7 Å². The first-order valence-corrected chi connectivity index (χ1v) is 7.43. The predicted octanol–water partition coefficient (Wildman–Crippen LogP) is 2.37. The average Bonchev–Trinajstić information content (AvgIpc) is 2.72. The lowest BCUT2D eigenvalue weighted by molar-refractivity contribution is -0.151. The summed E-state index contributed by atoms with van der Waals surface area (Å²) in [6, 6.07) is -0.621. The van der Waals surface area contributed by atoms with Crippen LogP contribution in [0.2, 0.25) is 0 Å². The highest BCUT2D eigenvalue weighted by Crippen LogP contribution is 2.33. The van der Waals surface area contributed by atoms with Crippen molar-refractivity contribution in [2.24, 2.45) is 11.8 Å². The van der Waals surface area contributed by atoms with Gasteiger partial charge in [0.1, 0.15) is 6.04 Å². The molecule has 0 aromatic carbocycles. The maximum atomic E-state index is 12.6. The highest BCUT2D eigenvalue weighted by molar-refractivity contribution is 9.10. The molecule has 5 heteroatoms. The van der Waals surface area contributed by atoms with Gasteiger partial charge in [0, 0.05) is 0 Å². The maximum absolute atomic E-state index is 12.6. The Morgan fingerprint density at radius 2 is 2.05 bits per heavy atom. The number of rotatable bonds is 4. The Hall–Kier alpha value is -0.840. The summed E-state index contributed by atoms with van der Waals surface area (Å²) in [7, 11) is 1.35. The van der Waals surface area contributed by atoms with Gasteiger partial charge in [0.25, 0.3) is 0 Å². The highest BCUT2D eigenvalue weighted by atomic mass is 79.9. The first-order valence-electron chi connectivity index (χ1n) is 6.51. The lowest BCUT2D eigenvalue weighted by Gasteiger charge is -2.31. The summed E-state index contributed by atoms with van der Waals surface area (Å²) >= 11 is 3.42. The van der Waals surface area contributed by atoms with Crippen LogP contribution in [0, 0.1) is 11.8 Å². The minimum absolute atomic E-state index is 0.0698. The second kappa shape index (κ2) is 6.55. The van der Waals surface area contributed by atoms with Gasteiger partial charge in [-0.1, -0.05) is 42.8 Å². The van der Waals surface area contributed by atoms with Gasteiger partial charge in [0.15, 0.2) is 0 Å². The van der Waals surface area contributed by atoms with E-state index in [9.17, 15) is 9.59 Å². The van der Waals surface area contributed by atoms with Crippen molar-refractivity contribution >= 4 is 27.8 Å². The van der Waals surface area contributed by atoms with Crippen molar-refractivity contribution in [3.8, 4) is 0 Å². The van der Waals surface area contributed by atoms with Crippen LogP contribution in [0.1, 0.15) is 27.2 Å². The van der Waals surface area contributed by atoms with E-state index in [1.807, 2.05) is 20.8 Å². The number of hydrogen-bond donors (Lipinski definition) is 0. The Balaban J connectivity index is 3.04. The molecule has 0 bridgehead atoms. The SMILES string of the molecule is C=C[C@@H]1[C@H](C)C[C@@H](C(=O)OC)N1C(=O)C(Br)C(C)C. The van der Waals surface area contributed by atoms with E-state index in [4.69, 9.17) is 4.74 Å². The number of ether oxygens (including phenoxy) is 1. The van der Waals surface area contributed by atoms with E-state index in [-0.39, 0.29) is 34.6 Å². The third-order valence-electron chi connectivity index (χ3n) is 3.63. The van der Waals surface area contributed by atoms with Gasteiger partial charge >= 0.3 is 5.97 Å². The van der Waals surface area contributed by atoms with Gasteiger partial charge in [0.2, 0.25) is 5.91 Å². The Labute approximate surface area is 123 Å². The highest BCUT2D eigenvalue weighted by Gasteiger charge is 2.46. The Morgan fingerprint density at radius 3 is 2.47 bits per heavy atom. The van der Waals surface area contributed by atoms with Crippen LogP contribution in [0.3, 0.4) is 0 Å². The molecule has 108 valence electrons. The fourth-order valence-electron chi connectivity index (χ4n) is 2.51. The van der Waals surface area contributed by atoms with Crippen LogP contribution in [0.5, 0.6) is 0 Å². The van der Waals surface area contributed by atoms with Crippen molar-refractivity contribution in [1.29, 1.82) is 0 Å². The van der Waals surface area contributed by atoms with Crippen molar-refractivity contribution in [3.63, 3.8) is 0 Å². The number of methoxy groups -OCH3 is 1. The molecular formula is C14H22BrNO3. The molecule has 1 fully saturated rings. The summed E-state index contributed by atoms with van der Waals surface area (Å²) in [6.07, 6.45) is 2.36. The summed E-state index contributed by atoms with van der Waals surface area (Å²) in [5.74, 6) is -0.0581. The van der Waals surface area contributed by atoms with Crippen molar-refractivity contribution < 1.29 is 14.3 Å². The normalized spacial score (nSPS) is 28.3. The van der Waals surface area contributed by atoms with Crippen LogP contribution in [-0.4, -0.2) is 40.8 Å². The average molecular weight is 332 g/mol. The van der Waals surface area contributed by atoms with Gasteiger partial charge in [-0.15, -0.1) is 6.58 Å². The number of alkyl halides is 1. The summed E-state index contributed by atoms with van der Waals surface area (Å²) in [6.45, 7) is 9.74. The molecular weight excluding hydrogens is 310 g/mol. The van der Waals surface area contributed by atoms with Crippen molar-refractivity contribution in [2.45, 2.75) is 44.1 Å². The summed E-state index contributed by atoms with van der Waals surface area (Å²) < 4.78 is 4.81. The molecule has 1 heterocycles. The Morgan fingerprint density at radius 1 is 1.47 bits per heavy atom. The molecule has 0 aromatic rings. The molecule has 0 aliphatic carbocycles. The maximum Gasteiger partial charge on any atom is 0.328 e. The van der Waals surface area contributed by atoms with Crippen molar-refractivity contribution in [3.05, 3.63) is 12.7 Å². The zero-order chi connectivity index (χ0) is 14.7. The molecule has 1 aliphatic rings. The largest absolute Gasteiger partial charge is 0.467 e. The van der Waals surface area contributed by atoms with Gasteiger partial charge in [-0.05, 0) is 18.3 Å². The van der Waals surface area contributed by atoms with Gasteiger partial charge < -0.3 is 9.64 Å². The third-order valence-corrected chi connectivity index (χ3v) is 5.07. The van der Waals surface area contributed by atoms with Crippen LogP contribution in [0.25, 0.3) is 0 Å². The zero-order valence-electron chi connectivity index (χ0n) is 11.9. The van der Waals surface area contributed by atoms with Crippen LogP contribution < -0.4 is 0 Å². The van der Waals surface area contributed by atoms with Gasteiger partial charge in [0.05, 0.1) is 18.0 Å². The monoisotopic (exact) mass is 331 g/mol. The molecule has 1 rings (SSSR count). The number of esters is 1. The number of hydrogen-bond acceptors (Lipinski definition) is 3. The molecule has 0 spiro atoms. The molecule has 1 unspecified atom stereocenters. The predicted molar refractivity (Wildman–Crippen MR) is 78.0 cm³/mol. The molecule has 0 radical (unpaired) electrons. The number of halogens is 1. The number of carbonyl (C=O) groups excluding carboxylic acids is 2. The lowest BCUT2D eigenvalue weighted by Crippen LogP contribution is -2.49. The zero-order valence-corrected chi connectivity index (χ0v) is 13.5. The van der Waals surface area contributed by atoms with E-state index in [1.54, 1.807) is 11.0 Å². The first kappa shape index (κ1) is 16.2. The number of likely N-dealkylation sites (tertiary alicyclic amines) is 1. The molecule has 19 heavy (non-hydrogen) atoms. The molecule has 0 aromatic heterocycles. The minimum Gasteiger partial charge on any atom is -0.467 e. The van der Waals surface area contributed by atoms with E-state index in [1.165, 1.54) is 7.11 Å². The second-order valence-corrected chi connectivity index (χ2v) is 6.36. The van der Waals surface area contributed by atoms with Gasteiger partial charge in [-0.2, -0.15) is 0 Å². The van der Waals surface area contributed by atoms with Crippen LogP contribution >= 0.6 is 15.9 Å². The third kappa shape index (κ3) is 3.19. The molecule has 1 saturated heterocycles. The number of amides is 1. The quantitative estimate of drug-likeness (QED) is 0.451. The number of carbonyl (C=O) groups is 2. The fourth-order valence-corrected chi connectivity index (χ4v) is 2.74. The van der Waals surface area contributed by atoms with Crippen LogP contribution in [-0.2, 0) is 14.3 Å². The van der Waals surface area contributed by atoms with E-state index < -0.39 is 6.04 Å². The van der Waals surface area contributed by atoms with Crippen molar-refractivity contribution in [2.75, 3.05) is 7.11 Å². The second-order valence-electron chi connectivity index (χ2n) is 5.37. The standard InChI is InChI=1S/C14H22BrNO3/c1-6-10-9(4)7-11(14(18)19-5)16(10)13(17)12(15)8(2)3/h6,8-12H,1,7H2,2-5H3/t9-,10-,11+,12?/m1/s1. The van der Waals surface area contributed by atoms with Gasteiger partial charge in [-0.25, -0.2) is 4.79 Å². The molecule has 0 saturated carbocycles. The summed E-state index contributed by atoms with van der Waals surface area (Å²) in [5, 5.41) is 0. The molecule has 1 aliphatic heterocycles. The Kier molecular flexibility index (Phi) is 5.59. The smallest absolute Gasteiger partial charge is 0.328 e. The van der Waals surface area contributed by atoms with E-state index in [0.717, 1.165) is 0 Å². The molecule has 1 amide bonds. The lowest BCUT2D eigenvalue weighted by atomic mass is 10.0. The van der Waals surface area contributed by atoms with Crippen molar-refractivity contribution in [1.82, 2.24) is 4.90 Å². The topological polar surface area (TPSA) is 46.6 Å². The van der Waals surface area contributed by atoms with E-state index in [2.05, 4.69) is 22.5 Å². The molecule has 4 atom stereocenters. The number of nitrogens with zero attached hydrogens (tertiary/aromatic N) is 1. The summed E-state index contributed by atoms with van der Waals surface area (Å²) in [5.41, 5.74) is 0. The van der Waals surface area contributed by atoms with E-state index in [0.29, 0.717) is 6.42 Å². The first-order chi connectivity index (χ1) is 8.84. The van der Waals surface area contributed by atoms with Gasteiger partial charge in [-0.3, -0.25) is 4.79 Å². The minimum atomic E-state index is -0.505.